The Kier molecular flexibility index (Phi) is 3.60. The molecule has 1 unspecified atom stereocenters. The summed E-state index contributed by atoms with van der Waals surface area (Å²) in [6.45, 7) is 6.06. The molecule has 1 N–H and O–H groups in total. The second kappa shape index (κ2) is 5.37. The lowest BCUT2D eigenvalue weighted by atomic mass is 10.1. The van der Waals surface area contributed by atoms with Gasteiger partial charge in [-0.1, -0.05) is 18.3 Å². The van der Waals surface area contributed by atoms with Gasteiger partial charge in [0.2, 0.25) is 0 Å². The zero-order chi connectivity index (χ0) is 13.2. The van der Waals surface area contributed by atoms with Crippen molar-refractivity contribution in [2.45, 2.75) is 26.7 Å². The van der Waals surface area contributed by atoms with E-state index in [1.807, 2.05) is 19.1 Å². The summed E-state index contributed by atoms with van der Waals surface area (Å²) in [4.78, 5) is 4.62. The third-order valence-corrected chi connectivity index (χ3v) is 4.65. The Hall–Kier alpha value is -1.29. The van der Waals surface area contributed by atoms with Crippen LogP contribution < -0.4 is 10.1 Å². The molecular formula is C15H20N2OS. The van der Waals surface area contributed by atoms with Crippen molar-refractivity contribution < 1.29 is 4.74 Å². The fraction of sp³-hybridized carbons (Fsp3) is 0.533. The number of thiazole rings is 1. The Balaban J connectivity index is 1.69. The van der Waals surface area contributed by atoms with E-state index in [4.69, 9.17) is 4.74 Å². The van der Waals surface area contributed by atoms with Gasteiger partial charge in [-0.3, -0.25) is 0 Å². The van der Waals surface area contributed by atoms with Crippen LogP contribution in [0.1, 0.15) is 26.7 Å². The monoisotopic (exact) mass is 276 g/mol. The highest BCUT2D eigenvalue weighted by Gasteiger charge is 2.27. The van der Waals surface area contributed by atoms with E-state index >= 15 is 0 Å². The van der Waals surface area contributed by atoms with Crippen LogP contribution in [0.25, 0.3) is 10.2 Å². The number of benzene rings is 1. The van der Waals surface area contributed by atoms with Crippen LogP contribution in [0.4, 0.5) is 5.13 Å². The van der Waals surface area contributed by atoms with E-state index in [2.05, 4.69) is 23.3 Å². The summed E-state index contributed by atoms with van der Waals surface area (Å²) in [7, 11) is 0. The zero-order valence-corrected chi connectivity index (χ0v) is 12.3. The summed E-state index contributed by atoms with van der Waals surface area (Å²) in [6.07, 6.45) is 2.81. The number of nitrogens with one attached hydrogen (secondary N) is 1. The number of hydrogen-bond acceptors (Lipinski definition) is 4. The van der Waals surface area contributed by atoms with Crippen molar-refractivity contribution in [3.8, 4) is 5.75 Å². The van der Waals surface area contributed by atoms with Crippen LogP contribution in [-0.4, -0.2) is 18.1 Å². The highest BCUT2D eigenvalue weighted by molar-refractivity contribution is 7.22. The lowest BCUT2D eigenvalue weighted by molar-refractivity contribution is 0.341. The number of anilines is 1. The van der Waals surface area contributed by atoms with Crippen LogP contribution >= 0.6 is 11.3 Å². The Labute approximate surface area is 118 Å². The van der Waals surface area contributed by atoms with E-state index < -0.39 is 0 Å². The number of nitrogens with zero attached hydrogens (tertiary/aromatic N) is 1. The molecule has 1 aliphatic carbocycles. The first-order valence-corrected chi connectivity index (χ1v) is 7.85. The first-order valence-electron chi connectivity index (χ1n) is 7.03. The molecule has 0 saturated heterocycles. The Morgan fingerprint density at radius 1 is 1.47 bits per heavy atom. The number of rotatable bonds is 6. The minimum atomic E-state index is 0.703. The van der Waals surface area contributed by atoms with Crippen molar-refractivity contribution in [2.24, 2.45) is 11.8 Å². The molecule has 0 aliphatic heterocycles. The molecule has 0 amide bonds. The molecule has 102 valence electrons. The average Bonchev–Trinajstić information content (AvgIpc) is 3.17. The van der Waals surface area contributed by atoms with Crippen LogP contribution in [0.15, 0.2) is 18.2 Å². The van der Waals surface area contributed by atoms with Crippen molar-refractivity contribution in [3.05, 3.63) is 18.2 Å². The molecule has 0 bridgehead atoms. The SMILES string of the molecule is CCOc1ccc2nc(NCC(C)C3CC3)sc2c1. The molecule has 1 aromatic carbocycles. The summed E-state index contributed by atoms with van der Waals surface area (Å²) < 4.78 is 6.71. The predicted molar refractivity (Wildman–Crippen MR) is 81.2 cm³/mol. The van der Waals surface area contributed by atoms with E-state index in [1.54, 1.807) is 11.3 Å². The van der Waals surface area contributed by atoms with Crippen LogP contribution in [-0.2, 0) is 0 Å². The second-order valence-electron chi connectivity index (χ2n) is 5.28. The largest absolute Gasteiger partial charge is 0.494 e. The van der Waals surface area contributed by atoms with E-state index in [9.17, 15) is 0 Å². The normalized spacial score (nSPS) is 16.5. The summed E-state index contributed by atoms with van der Waals surface area (Å²) in [5, 5.41) is 4.50. The number of aromatic nitrogens is 1. The van der Waals surface area contributed by atoms with Crippen molar-refractivity contribution >= 4 is 26.7 Å². The predicted octanol–water partition coefficient (Wildman–Crippen LogP) is 4.15. The third-order valence-electron chi connectivity index (χ3n) is 3.67. The molecular weight excluding hydrogens is 256 g/mol. The number of fused-ring (bicyclic) bond motifs is 1. The molecule has 1 fully saturated rings. The average molecular weight is 276 g/mol. The van der Waals surface area contributed by atoms with Crippen LogP contribution in [0.3, 0.4) is 0 Å². The smallest absolute Gasteiger partial charge is 0.183 e. The molecule has 1 atom stereocenters. The van der Waals surface area contributed by atoms with E-state index in [0.29, 0.717) is 6.61 Å². The highest BCUT2D eigenvalue weighted by Crippen LogP contribution is 2.37. The Bertz CT molecular complexity index is 562. The second-order valence-corrected chi connectivity index (χ2v) is 6.31. The van der Waals surface area contributed by atoms with Crippen molar-refractivity contribution in [1.82, 2.24) is 4.98 Å². The lowest BCUT2D eigenvalue weighted by Crippen LogP contribution is -2.12. The maximum Gasteiger partial charge on any atom is 0.183 e. The first-order chi connectivity index (χ1) is 9.26. The maximum absolute atomic E-state index is 5.52. The standard InChI is InChI=1S/C15H20N2OS/c1-3-18-12-6-7-13-14(8-12)19-15(17-13)16-9-10(2)11-4-5-11/h6-8,10-11H,3-5,9H2,1-2H3,(H,16,17). The van der Waals surface area contributed by atoms with Gasteiger partial charge in [0.15, 0.2) is 5.13 Å². The molecule has 3 nitrogen and oxygen atoms in total. The zero-order valence-electron chi connectivity index (χ0n) is 11.5. The van der Waals surface area contributed by atoms with Gasteiger partial charge in [0.05, 0.1) is 16.8 Å². The van der Waals surface area contributed by atoms with E-state index in [0.717, 1.165) is 34.8 Å². The fourth-order valence-corrected chi connectivity index (χ4v) is 3.22. The minimum absolute atomic E-state index is 0.703. The van der Waals surface area contributed by atoms with Gasteiger partial charge in [-0.2, -0.15) is 0 Å². The van der Waals surface area contributed by atoms with Crippen LogP contribution in [0.2, 0.25) is 0 Å². The lowest BCUT2D eigenvalue weighted by Gasteiger charge is -2.09. The van der Waals surface area contributed by atoms with Gasteiger partial charge in [0, 0.05) is 6.54 Å². The summed E-state index contributed by atoms with van der Waals surface area (Å²) in [5.41, 5.74) is 1.05. The van der Waals surface area contributed by atoms with Crippen molar-refractivity contribution in [3.63, 3.8) is 0 Å². The van der Waals surface area contributed by atoms with Gasteiger partial charge < -0.3 is 10.1 Å². The summed E-state index contributed by atoms with van der Waals surface area (Å²) >= 11 is 1.71. The molecule has 0 radical (unpaired) electrons. The molecule has 3 rings (SSSR count). The van der Waals surface area contributed by atoms with Gasteiger partial charge in [-0.25, -0.2) is 4.98 Å². The summed E-state index contributed by atoms with van der Waals surface area (Å²) in [5.74, 6) is 2.62. The molecule has 1 heterocycles. The van der Waals surface area contributed by atoms with E-state index in [1.165, 1.54) is 17.5 Å². The molecule has 1 aromatic heterocycles. The highest BCUT2D eigenvalue weighted by atomic mass is 32.1. The van der Waals surface area contributed by atoms with Crippen molar-refractivity contribution in [2.75, 3.05) is 18.5 Å². The molecule has 0 spiro atoms. The molecule has 1 saturated carbocycles. The minimum Gasteiger partial charge on any atom is -0.494 e. The quantitative estimate of drug-likeness (QED) is 0.860. The van der Waals surface area contributed by atoms with Gasteiger partial charge >= 0.3 is 0 Å². The molecule has 19 heavy (non-hydrogen) atoms. The topological polar surface area (TPSA) is 34.1 Å². The molecule has 4 heteroatoms. The van der Waals surface area contributed by atoms with Crippen LogP contribution in [0, 0.1) is 11.8 Å². The Morgan fingerprint density at radius 2 is 2.32 bits per heavy atom. The summed E-state index contributed by atoms with van der Waals surface area (Å²) in [6, 6.07) is 6.10. The van der Waals surface area contributed by atoms with Gasteiger partial charge in [0.25, 0.3) is 0 Å². The van der Waals surface area contributed by atoms with Crippen molar-refractivity contribution in [1.29, 1.82) is 0 Å². The Morgan fingerprint density at radius 3 is 3.05 bits per heavy atom. The first kappa shape index (κ1) is 12.7. The number of ether oxygens (including phenoxy) is 1. The molecule has 1 aliphatic rings. The fourth-order valence-electron chi connectivity index (χ4n) is 2.32. The third kappa shape index (κ3) is 3.00. The van der Waals surface area contributed by atoms with Gasteiger partial charge in [-0.05, 0) is 49.8 Å². The van der Waals surface area contributed by atoms with Crippen LogP contribution in [0.5, 0.6) is 5.75 Å². The van der Waals surface area contributed by atoms with Gasteiger partial charge in [-0.15, -0.1) is 0 Å². The van der Waals surface area contributed by atoms with Gasteiger partial charge in [0.1, 0.15) is 5.75 Å². The number of hydrogen-bond donors (Lipinski definition) is 1. The van der Waals surface area contributed by atoms with E-state index in [-0.39, 0.29) is 0 Å². The molecule has 2 aromatic rings. The maximum atomic E-state index is 5.52.